The first kappa shape index (κ1) is 12.8. The Bertz CT molecular complexity index is 192. The lowest BCUT2D eigenvalue weighted by Gasteiger charge is -1.98. The third-order valence-electron chi connectivity index (χ3n) is 1.94. The van der Waals surface area contributed by atoms with E-state index in [0.717, 1.165) is 0 Å². The normalized spacial score (nSPS) is 9.43. The van der Waals surface area contributed by atoms with Crippen molar-refractivity contribution in [3.63, 3.8) is 0 Å². The minimum Gasteiger partial charge on any atom is -0.300 e. The van der Waals surface area contributed by atoms with E-state index >= 15 is 0 Å². The van der Waals surface area contributed by atoms with Crippen molar-refractivity contribution in [2.75, 3.05) is 0 Å². The molecular formula is C12H18O2. The highest BCUT2D eigenvalue weighted by atomic mass is 16.1. The summed E-state index contributed by atoms with van der Waals surface area (Å²) >= 11 is 0. The summed E-state index contributed by atoms with van der Waals surface area (Å²) in [7, 11) is 0. The summed E-state index contributed by atoms with van der Waals surface area (Å²) in [6.07, 6.45) is 6.64. The van der Waals surface area contributed by atoms with Gasteiger partial charge in [0, 0.05) is 25.7 Å². The summed E-state index contributed by atoms with van der Waals surface area (Å²) in [6, 6.07) is 0. The molecule has 0 aliphatic rings. The molecule has 0 aromatic heterocycles. The fourth-order valence-corrected chi connectivity index (χ4v) is 1.05. The molecule has 0 amide bonds. The minimum atomic E-state index is 0.150. The van der Waals surface area contributed by atoms with Crippen LogP contribution in [0.4, 0.5) is 0 Å². The van der Waals surface area contributed by atoms with Gasteiger partial charge in [0.15, 0.2) is 0 Å². The van der Waals surface area contributed by atoms with Gasteiger partial charge in [0.25, 0.3) is 0 Å². The molecule has 0 unspecified atom stereocenters. The van der Waals surface area contributed by atoms with E-state index in [1.807, 2.05) is 0 Å². The maximum Gasteiger partial charge on any atom is 0.133 e. The zero-order valence-electron chi connectivity index (χ0n) is 8.63. The third kappa shape index (κ3) is 7.47. The second-order valence-corrected chi connectivity index (χ2v) is 3.23. The number of carbonyl (C=O) groups excluding carboxylic acids is 2. The summed E-state index contributed by atoms with van der Waals surface area (Å²) < 4.78 is 0. The topological polar surface area (TPSA) is 34.1 Å². The molecule has 2 nitrogen and oxygen atoms in total. The van der Waals surface area contributed by atoms with Gasteiger partial charge in [-0.2, -0.15) is 0 Å². The second-order valence-electron chi connectivity index (χ2n) is 3.23. The average Bonchev–Trinajstić information content (AvgIpc) is 2.20. The maximum atomic E-state index is 11.2. The highest BCUT2D eigenvalue weighted by Crippen LogP contribution is 2.03. The van der Waals surface area contributed by atoms with Gasteiger partial charge < -0.3 is 0 Å². The van der Waals surface area contributed by atoms with Gasteiger partial charge in [-0.1, -0.05) is 12.2 Å². The first-order valence-corrected chi connectivity index (χ1v) is 4.96. The van der Waals surface area contributed by atoms with E-state index in [4.69, 9.17) is 0 Å². The fraction of sp³-hybridized carbons (Fsp3) is 0.500. The molecule has 0 saturated heterocycles. The van der Waals surface area contributed by atoms with E-state index in [-0.39, 0.29) is 11.6 Å². The van der Waals surface area contributed by atoms with Gasteiger partial charge in [-0.3, -0.25) is 9.59 Å². The number of Topliss-reactive ketones (excluding diaryl/α,β-unsaturated/α-hetero) is 2. The van der Waals surface area contributed by atoms with Gasteiger partial charge in [-0.15, -0.1) is 13.2 Å². The highest BCUT2D eigenvalue weighted by Gasteiger charge is 2.05. The molecule has 0 saturated carbocycles. The summed E-state index contributed by atoms with van der Waals surface area (Å²) in [5.41, 5.74) is 0. The van der Waals surface area contributed by atoms with Crippen molar-refractivity contribution in [3.8, 4) is 0 Å². The van der Waals surface area contributed by atoms with Crippen LogP contribution in [0, 0.1) is 0 Å². The molecule has 0 radical (unpaired) electrons. The average molecular weight is 194 g/mol. The van der Waals surface area contributed by atoms with Crippen molar-refractivity contribution in [3.05, 3.63) is 25.3 Å². The van der Waals surface area contributed by atoms with Gasteiger partial charge in [0.05, 0.1) is 0 Å². The van der Waals surface area contributed by atoms with Crippen LogP contribution in [0.15, 0.2) is 25.3 Å². The van der Waals surface area contributed by atoms with Crippen molar-refractivity contribution in [1.29, 1.82) is 0 Å². The van der Waals surface area contributed by atoms with E-state index < -0.39 is 0 Å². The Morgan fingerprint density at radius 3 is 1.43 bits per heavy atom. The highest BCUT2D eigenvalue weighted by molar-refractivity contribution is 5.86. The van der Waals surface area contributed by atoms with Crippen LogP contribution >= 0.6 is 0 Å². The number of rotatable bonds is 9. The van der Waals surface area contributed by atoms with Crippen molar-refractivity contribution in [2.24, 2.45) is 0 Å². The molecule has 0 aliphatic carbocycles. The van der Waals surface area contributed by atoms with E-state index in [1.165, 1.54) is 0 Å². The largest absolute Gasteiger partial charge is 0.300 e. The number of allylic oxidation sites excluding steroid dienone is 2. The number of carbonyl (C=O) groups is 2. The molecule has 0 aromatic carbocycles. The molecular weight excluding hydrogens is 176 g/mol. The standard InChI is InChI=1S/C12H18O2/c1-3-5-7-11(13)9-10-12(14)8-6-4-2/h3-4H,1-2,5-10H2. The maximum absolute atomic E-state index is 11.2. The van der Waals surface area contributed by atoms with Crippen molar-refractivity contribution >= 4 is 11.6 Å². The van der Waals surface area contributed by atoms with Crippen LogP contribution < -0.4 is 0 Å². The minimum absolute atomic E-state index is 0.150. The van der Waals surface area contributed by atoms with Crippen LogP contribution in [0.1, 0.15) is 38.5 Å². The Kier molecular flexibility index (Phi) is 7.71. The zero-order valence-corrected chi connectivity index (χ0v) is 8.63. The number of hydrogen-bond acceptors (Lipinski definition) is 2. The quantitative estimate of drug-likeness (QED) is 0.529. The first-order valence-electron chi connectivity index (χ1n) is 4.96. The Morgan fingerprint density at radius 1 is 0.786 bits per heavy atom. The predicted molar refractivity (Wildman–Crippen MR) is 58.1 cm³/mol. The molecule has 0 fully saturated rings. The van der Waals surface area contributed by atoms with Gasteiger partial charge in [0.2, 0.25) is 0 Å². The van der Waals surface area contributed by atoms with Gasteiger partial charge in [0.1, 0.15) is 11.6 Å². The number of hydrogen-bond donors (Lipinski definition) is 0. The van der Waals surface area contributed by atoms with E-state index in [9.17, 15) is 9.59 Å². The smallest absolute Gasteiger partial charge is 0.133 e. The molecule has 0 aromatic rings. The lowest BCUT2D eigenvalue weighted by molar-refractivity contribution is -0.124. The van der Waals surface area contributed by atoms with Gasteiger partial charge >= 0.3 is 0 Å². The van der Waals surface area contributed by atoms with Crippen LogP contribution in [-0.2, 0) is 9.59 Å². The summed E-state index contributed by atoms with van der Waals surface area (Å²) in [5.74, 6) is 0.300. The van der Waals surface area contributed by atoms with Crippen molar-refractivity contribution in [1.82, 2.24) is 0 Å². The van der Waals surface area contributed by atoms with E-state index in [2.05, 4.69) is 13.2 Å². The van der Waals surface area contributed by atoms with Gasteiger partial charge in [-0.25, -0.2) is 0 Å². The Balaban J connectivity index is 3.50. The third-order valence-corrected chi connectivity index (χ3v) is 1.94. The molecule has 0 N–H and O–H groups in total. The van der Waals surface area contributed by atoms with E-state index in [1.54, 1.807) is 12.2 Å². The Hall–Kier alpha value is -1.18. The molecule has 2 heteroatoms. The Morgan fingerprint density at radius 2 is 1.14 bits per heavy atom. The molecule has 0 heterocycles. The summed E-state index contributed by atoms with van der Waals surface area (Å²) in [6.45, 7) is 7.08. The van der Waals surface area contributed by atoms with Crippen molar-refractivity contribution in [2.45, 2.75) is 38.5 Å². The van der Waals surface area contributed by atoms with Crippen LogP contribution in [0.5, 0.6) is 0 Å². The number of ketones is 2. The molecule has 0 bridgehead atoms. The molecule has 0 rings (SSSR count). The van der Waals surface area contributed by atoms with Crippen LogP contribution in [0.25, 0.3) is 0 Å². The van der Waals surface area contributed by atoms with Crippen LogP contribution in [0.3, 0.4) is 0 Å². The molecule has 0 aliphatic heterocycles. The summed E-state index contributed by atoms with van der Waals surface area (Å²) in [4.78, 5) is 22.3. The fourth-order valence-electron chi connectivity index (χ4n) is 1.05. The zero-order chi connectivity index (χ0) is 10.8. The Labute approximate surface area is 85.7 Å². The first-order chi connectivity index (χ1) is 6.70. The molecule has 14 heavy (non-hydrogen) atoms. The molecule has 0 spiro atoms. The lowest BCUT2D eigenvalue weighted by atomic mass is 10.1. The van der Waals surface area contributed by atoms with Crippen LogP contribution in [-0.4, -0.2) is 11.6 Å². The van der Waals surface area contributed by atoms with Crippen LogP contribution in [0.2, 0.25) is 0 Å². The van der Waals surface area contributed by atoms with Crippen molar-refractivity contribution < 1.29 is 9.59 Å². The van der Waals surface area contributed by atoms with Gasteiger partial charge in [-0.05, 0) is 12.8 Å². The monoisotopic (exact) mass is 194 g/mol. The SMILES string of the molecule is C=CCCC(=O)CCC(=O)CCC=C. The second kappa shape index (κ2) is 8.42. The summed E-state index contributed by atoms with van der Waals surface area (Å²) in [5, 5.41) is 0. The molecule has 0 atom stereocenters. The van der Waals surface area contributed by atoms with E-state index in [0.29, 0.717) is 38.5 Å². The predicted octanol–water partition coefficient (Wildman–Crippen LogP) is 2.84. The molecule has 78 valence electrons. The lowest BCUT2D eigenvalue weighted by Crippen LogP contribution is -2.03.